The van der Waals surface area contributed by atoms with E-state index in [1.165, 1.54) is 23.3 Å². The van der Waals surface area contributed by atoms with Gasteiger partial charge in [-0.15, -0.1) is 11.3 Å². The van der Waals surface area contributed by atoms with E-state index in [1.54, 1.807) is 31.8 Å². The molecular formula is C19H20N2O2S. The first-order valence-electron chi connectivity index (χ1n) is 8.08. The van der Waals surface area contributed by atoms with Crippen LogP contribution in [0.4, 0.5) is 5.00 Å². The van der Waals surface area contributed by atoms with Crippen molar-refractivity contribution in [3.05, 3.63) is 39.8 Å². The lowest BCUT2D eigenvalue weighted by molar-refractivity contribution is 0.354. The van der Waals surface area contributed by atoms with Crippen molar-refractivity contribution in [1.29, 1.82) is 5.26 Å². The molecule has 4 nitrogen and oxygen atoms in total. The number of benzene rings is 1. The highest BCUT2D eigenvalue weighted by Gasteiger charge is 2.19. The summed E-state index contributed by atoms with van der Waals surface area (Å²) in [6, 6.07) is 8.04. The molecule has 0 saturated carbocycles. The molecule has 0 aliphatic heterocycles. The molecule has 0 fully saturated rings. The second-order valence-electron chi connectivity index (χ2n) is 5.70. The third-order valence-corrected chi connectivity index (χ3v) is 5.47. The van der Waals surface area contributed by atoms with E-state index in [0.29, 0.717) is 11.5 Å². The van der Waals surface area contributed by atoms with Gasteiger partial charge in [-0.2, -0.15) is 5.26 Å². The maximum Gasteiger partial charge on any atom is 0.169 e. The zero-order valence-corrected chi connectivity index (χ0v) is 14.8. The third-order valence-electron chi connectivity index (χ3n) is 4.27. The van der Waals surface area contributed by atoms with E-state index in [2.05, 4.69) is 11.1 Å². The summed E-state index contributed by atoms with van der Waals surface area (Å²) < 4.78 is 10.7. The van der Waals surface area contributed by atoms with Crippen LogP contribution in [0.2, 0.25) is 0 Å². The Morgan fingerprint density at radius 1 is 1.17 bits per heavy atom. The van der Waals surface area contributed by atoms with Crippen molar-refractivity contribution in [2.24, 2.45) is 4.99 Å². The van der Waals surface area contributed by atoms with E-state index in [-0.39, 0.29) is 0 Å². The SMILES string of the molecule is COc1cccc(C=Nc2sc3c(c2C#N)CCCCC3)c1OC. The van der Waals surface area contributed by atoms with Crippen LogP contribution in [-0.4, -0.2) is 20.4 Å². The van der Waals surface area contributed by atoms with Gasteiger partial charge >= 0.3 is 0 Å². The van der Waals surface area contributed by atoms with E-state index >= 15 is 0 Å². The molecule has 0 bridgehead atoms. The molecule has 0 atom stereocenters. The van der Waals surface area contributed by atoms with Crippen LogP contribution < -0.4 is 9.47 Å². The van der Waals surface area contributed by atoms with Gasteiger partial charge in [-0.3, -0.25) is 0 Å². The largest absolute Gasteiger partial charge is 0.493 e. The van der Waals surface area contributed by atoms with E-state index in [9.17, 15) is 5.26 Å². The Morgan fingerprint density at radius 2 is 2.00 bits per heavy atom. The molecule has 1 aliphatic rings. The summed E-state index contributed by atoms with van der Waals surface area (Å²) in [5.41, 5.74) is 2.80. The van der Waals surface area contributed by atoms with Crippen LogP contribution in [0.1, 0.15) is 40.8 Å². The molecule has 24 heavy (non-hydrogen) atoms. The lowest BCUT2D eigenvalue weighted by Crippen LogP contribution is -1.94. The molecule has 3 rings (SSSR count). The lowest BCUT2D eigenvalue weighted by atomic mass is 10.1. The average Bonchev–Trinajstić information content (AvgIpc) is 2.78. The predicted molar refractivity (Wildman–Crippen MR) is 97.1 cm³/mol. The lowest BCUT2D eigenvalue weighted by Gasteiger charge is -2.09. The van der Waals surface area contributed by atoms with Crippen LogP contribution in [0.5, 0.6) is 11.5 Å². The minimum atomic E-state index is 0.653. The van der Waals surface area contributed by atoms with Crippen LogP contribution in [0.15, 0.2) is 23.2 Å². The van der Waals surface area contributed by atoms with Crippen LogP contribution in [0.3, 0.4) is 0 Å². The highest BCUT2D eigenvalue weighted by Crippen LogP contribution is 2.39. The first-order chi connectivity index (χ1) is 11.8. The molecule has 0 radical (unpaired) electrons. The van der Waals surface area contributed by atoms with E-state index in [0.717, 1.165) is 35.4 Å². The summed E-state index contributed by atoms with van der Waals surface area (Å²) in [5, 5.41) is 10.4. The Kier molecular flexibility index (Phi) is 5.17. The van der Waals surface area contributed by atoms with Gasteiger partial charge in [-0.1, -0.05) is 12.5 Å². The summed E-state index contributed by atoms with van der Waals surface area (Å²) in [4.78, 5) is 5.93. The van der Waals surface area contributed by atoms with Crippen molar-refractivity contribution in [1.82, 2.24) is 0 Å². The van der Waals surface area contributed by atoms with Gasteiger partial charge in [0.1, 0.15) is 11.1 Å². The number of hydrogen-bond donors (Lipinski definition) is 0. The third kappa shape index (κ3) is 3.15. The van der Waals surface area contributed by atoms with Crippen LogP contribution >= 0.6 is 11.3 Å². The fraction of sp³-hybridized carbons (Fsp3) is 0.368. The Balaban J connectivity index is 1.98. The number of methoxy groups -OCH3 is 2. The number of aryl methyl sites for hydroxylation is 1. The molecule has 0 saturated heterocycles. The predicted octanol–water partition coefficient (Wildman–Crippen LogP) is 4.66. The molecule has 0 amide bonds. The van der Waals surface area contributed by atoms with Gasteiger partial charge in [0, 0.05) is 16.7 Å². The second kappa shape index (κ2) is 7.50. The molecule has 124 valence electrons. The smallest absolute Gasteiger partial charge is 0.169 e. The van der Waals surface area contributed by atoms with Gasteiger partial charge in [-0.05, 0) is 43.4 Å². The number of rotatable bonds is 4. The van der Waals surface area contributed by atoms with Gasteiger partial charge in [-0.25, -0.2) is 4.99 Å². The number of aliphatic imine (C=N–C) groups is 1. The van der Waals surface area contributed by atoms with Crippen molar-refractivity contribution in [3.63, 3.8) is 0 Å². The molecule has 5 heteroatoms. The van der Waals surface area contributed by atoms with Gasteiger partial charge in [0.15, 0.2) is 11.5 Å². The number of nitriles is 1. The van der Waals surface area contributed by atoms with Gasteiger partial charge in [0.2, 0.25) is 0 Å². The van der Waals surface area contributed by atoms with Crippen LogP contribution in [0, 0.1) is 11.3 Å². The van der Waals surface area contributed by atoms with Crippen molar-refractivity contribution in [2.75, 3.05) is 14.2 Å². The van der Waals surface area contributed by atoms with Crippen molar-refractivity contribution in [3.8, 4) is 17.6 Å². The number of nitrogens with zero attached hydrogens (tertiary/aromatic N) is 2. The molecule has 1 aromatic heterocycles. The van der Waals surface area contributed by atoms with Crippen molar-refractivity contribution < 1.29 is 9.47 Å². The first kappa shape index (κ1) is 16.5. The highest BCUT2D eigenvalue weighted by atomic mass is 32.1. The molecule has 0 unspecified atom stereocenters. The molecule has 1 aliphatic carbocycles. The zero-order valence-electron chi connectivity index (χ0n) is 14.0. The topological polar surface area (TPSA) is 54.6 Å². The number of thiophene rings is 1. The summed E-state index contributed by atoms with van der Waals surface area (Å²) in [6.07, 6.45) is 7.41. The highest BCUT2D eigenvalue weighted by molar-refractivity contribution is 7.16. The minimum absolute atomic E-state index is 0.653. The number of fused-ring (bicyclic) bond motifs is 1. The Labute approximate surface area is 146 Å². The monoisotopic (exact) mass is 340 g/mol. The summed E-state index contributed by atoms with van der Waals surface area (Å²) in [6.45, 7) is 0. The van der Waals surface area contributed by atoms with E-state index < -0.39 is 0 Å². The molecule has 1 aromatic carbocycles. The normalized spacial score (nSPS) is 14.0. The summed E-state index contributed by atoms with van der Waals surface area (Å²) in [5.74, 6) is 1.32. The van der Waals surface area contributed by atoms with Crippen molar-refractivity contribution in [2.45, 2.75) is 32.1 Å². The Hall–Kier alpha value is -2.32. The number of hydrogen-bond acceptors (Lipinski definition) is 5. The van der Waals surface area contributed by atoms with E-state index in [1.807, 2.05) is 18.2 Å². The van der Waals surface area contributed by atoms with Gasteiger partial charge in [0.25, 0.3) is 0 Å². The van der Waals surface area contributed by atoms with Crippen molar-refractivity contribution >= 4 is 22.6 Å². The minimum Gasteiger partial charge on any atom is -0.493 e. The molecular weight excluding hydrogens is 320 g/mol. The molecule has 2 aromatic rings. The zero-order chi connectivity index (χ0) is 16.9. The summed E-state index contributed by atoms with van der Waals surface area (Å²) in [7, 11) is 3.23. The fourth-order valence-electron chi connectivity index (χ4n) is 3.08. The number of ether oxygens (including phenoxy) is 2. The first-order valence-corrected chi connectivity index (χ1v) is 8.89. The molecule has 1 heterocycles. The standard InChI is InChI=1S/C19H20N2O2S/c1-22-16-9-6-7-13(18(16)23-2)12-21-19-15(11-20)14-8-4-3-5-10-17(14)24-19/h6-7,9,12H,3-5,8,10H2,1-2H3. The quantitative estimate of drug-likeness (QED) is 0.601. The van der Waals surface area contributed by atoms with Crippen LogP contribution in [-0.2, 0) is 12.8 Å². The molecule has 0 N–H and O–H groups in total. The fourth-order valence-corrected chi connectivity index (χ4v) is 4.26. The number of para-hydroxylation sites is 1. The maximum absolute atomic E-state index is 9.57. The molecule has 0 spiro atoms. The van der Waals surface area contributed by atoms with E-state index in [4.69, 9.17) is 9.47 Å². The average molecular weight is 340 g/mol. The second-order valence-corrected chi connectivity index (χ2v) is 6.78. The summed E-state index contributed by atoms with van der Waals surface area (Å²) >= 11 is 1.65. The Morgan fingerprint density at radius 3 is 2.75 bits per heavy atom. The van der Waals surface area contributed by atoms with Crippen LogP contribution in [0.25, 0.3) is 0 Å². The van der Waals surface area contributed by atoms with Gasteiger partial charge < -0.3 is 9.47 Å². The Bertz CT molecular complexity index is 802. The maximum atomic E-state index is 9.57. The van der Waals surface area contributed by atoms with Gasteiger partial charge in [0.05, 0.1) is 19.8 Å².